The van der Waals surface area contributed by atoms with E-state index >= 15 is 0 Å². The molecule has 7 nitrogen and oxygen atoms in total. The van der Waals surface area contributed by atoms with Gasteiger partial charge in [-0.25, -0.2) is 0 Å². The molecule has 0 radical (unpaired) electrons. The minimum Gasteiger partial charge on any atom is -0.495 e. The summed E-state index contributed by atoms with van der Waals surface area (Å²) in [6.07, 6.45) is 0. The number of hydrogen-bond acceptors (Lipinski definition) is 6. The quantitative estimate of drug-likeness (QED) is 0.618. The molecule has 2 aromatic rings. The molecule has 1 N–H and O–H groups in total. The molecule has 0 spiro atoms. The first-order chi connectivity index (χ1) is 15.0. The van der Waals surface area contributed by atoms with Gasteiger partial charge in [0, 0.05) is 43.3 Å². The van der Waals surface area contributed by atoms with Crippen molar-refractivity contribution in [3.8, 4) is 23.0 Å². The molecule has 31 heavy (non-hydrogen) atoms. The van der Waals surface area contributed by atoms with Gasteiger partial charge in [0.05, 0.1) is 34.1 Å². The Morgan fingerprint density at radius 1 is 0.903 bits per heavy atom. The third kappa shape index (κ3) is 5.44. The number of ether oxygens (including phenoxy) is 4. The van der Waals surface area contributed by atoms with Gasteiger partial charge in [0.15, 0.2) is 16.6 Å². The van der Waals surface area contributed by atoms with Crippen molar-refractivity contribution in [1.82, 2.24) is 9.80 Å². The van der Waals surface area contributed by atoms with Gasteiger partial charge in [-0.2, -0.15) is 0 Å². The molecule has 0 bridgehead atoms. The molecule has 0 amide bonds. The Labute approximate surface area is 193 Å². The van der Waals surface area contributed by atoms with Gasteiger partial charge in [0.1, 0.15) is 5.75 Å². The molecule has 1 heterocycles. The van der Waals surface area contributed by atoms with Crippen LogP contribution < -0.4 is 24.3 Å². The van der Waals surface area contributed by atoms with Gasteiger partial charge in [-0.1, -0.05) is 17.7 Å². The fourth-order valence-corrected chi connectivity index (χ4v) is 4.07. The maximum Gasteiger partial charge on any atom is 0.203 e. The Morgan fingerprint density at radius 2 is 1.55 bits per heavy atom. The summed E-state index contributed by atoms with van der Waals surface area (Å²) in [6, 6.07) is 9.35. The fourth-order valence-electron chi connectivity index (χ4n) is 3.61. The first-order valence-corrected chi connectivity index (χ1v) is 10.7. The van der Waals surface area contributed by atoms with Gasteiger partial charge < -0.3 is 29.2 Å². The number of nitrogens with one attached hydrogen (secondary N) is 1. The van der Waals surface area contributed by atoms with Crippen LogP contribution in [0.4, 0.5) is 5.69 Å². The number of anilines is 1. The highest BCUT2D eigenvalue weighted by molar-refractivity contribution is 7.80. The zero-order chi connectivity index (χ0) is 22.4. The molecule has 0 unspecified atom stereocenters. The van der Waals surface area contributed by atoms with E-state index in [2.05, 4.69) is 15.1 Å². The Kier molecular flexibility index (Phi) is 8.06. The molecule has 1 fully saturated rings. The van der Waals surface area contributed by atoms with E-state index in [1.807, 2.05) is 24.3 Å². The standard InChI is InChI=1S/C22H28ClN3O4S/c1-27-18-8-6-16(23)13-17(18)24-22(31)26-11-9-25(10-12-26)14-15-5-7-19(28-2)21(30-4)20(15)29-3/h5-8,13H,9-12,14H2,1-4H3,(H,24,31). The molecule has 168 valence electrons. The highest BCUT2D eigenvalue weighted by Gasteiger charge is 2.22. The van der Waals surface area contributed by atoms with Crippen LogP contribution >= 0.6 is 23.8 Å². The summed E-state index contributed by atoms with van der Waals surface area (Å²) in [5, 5.41) is 4.54. The second-order valence-corrected chi connectivity index (χ2v) is 7.85. The normalized spacial score (nSPS) is 14.2. The van der Waals surface area contributed by atoms with E-state index in [4.69, 9.17) is 42.8 Å². The fraction of sp³-hybridized carbons (Fsp3) is 0.409. The molecular weight excluding hydrogens is 438 g/mol. The van der Waals surface area contributed by atoms with E-state index < -0.39 is 0 Å². The molecular formula is C22H28ClN3O4S. The van der Waals surface area contributed by atoms with Crippen LogP contribution in [0.1, 0.15) is 5.56 Å². The number of nitrogens with zero attached hydrogens (tertiary/aromatic N) is 2. The van der Waals surface area contributed by atoms with Crippen molar-refractivity contribution < 1.29 is 18.9 Å². The van der Waals surface area contributed by atoms with Crippen LogP contribution in [0.3, 0.4) is 0 Å². The van der Waals surface area contributed by atoms with Gasteiger partial charge in [0.25, 0.3) is 0 Å². The number of hydrogen-bond donors (Lipinski definition) is 1. The van der Waals surface area contributed by atoms with Crippen molar-refractivity contribution in [2.75, 3.05) is 59.9 Å². The molecule has 0 saturated carbocycles. The molecule has 9 heteroatoms. The van der Waals surface area contributed by atoms with Crippen LogP contribution in [0.2, 0.25) is 5.02 Å². The van der Waals surface area contributed by atoms with Crippen LogP contribution in [0.25, 0.3) is 0 Å². The van der Waals surface area contributed by atoms with Gasteiger partial charge in [-0.05, 0) is 36.5 Å². The van der Waals surface area contributed by atoms with E-state index in [0.29, 0.717) is 33.1 Å². The lowest BCUT2D eigenvalue weighted by atomic mass is 10.1. The largest absolute Gasteiger partial charge is 0.495 e. The summed E-state index contributed by atoms with van der Waals surface area (Å²) in [5.74, 6) is 2.67. The third-order valence-electron chi connectivity index (χ3n) is 5.24. The topological polar surface area (TPSA) is 55.4 Å². The zero-order valence-electron chi connectivity index (χ0n) is 18.2. The molecule has 3 rings (SSSR count). The second-order valence-electron chi connectivity index (χ2n) is 7.03. The van der Waals surface area contributed by atoms with Crippen LogP contribution in [-0.2, 0) is 6.54 Å². The van der Waals surface area contributed by atoms with Crippen molar-refractivity contribution in [3.63, 3.8) is 0 Å². The minimum atomic E-state index is 0.613. The lowest BCUT2D eigenvalue weighted by molar-refractivity contribution is 0.175. The van der Waals surface area contributed by atoms with Crippen LogP contribution in [0, 0.1) is 0 Å². The molecule has 0 aromatic heterocycles. The Morgan fingerprint density at radius 3 is 2.16 bits per heavy atom. The van der Waals surface area contributed by atoms with Crippen molar-refractivity contribution in [2.24, 2.45) is 0 Å². The van der Waals surface area contributed by atoms with Gasteiger partial charge in [-0.3, -0.25) is 4.90 Å². The lowest BCUT2D eigenvalue weighted by Gasteiger charge is -2.36. The van der Waals surface area contributed by atoms with Crippen LogP contribution in [0.15, 0.2) is 30.3 Å². The average molecular weight is 466 g/mol. The van der Waals surface area contributed by atoms with Crippen molar-refractivity contribution >= 4 is 34.6 Å². The number of benzene rings is 2. The maximum atomic E-state index is 6.12. The molecule has 1 aliphatic rings. The van der Waals surface area contributed by atoms with Crippen LogP contribution in [-0.4, -0.2) is 69.5 Å². The monoisotopic (exact) mass is 465 g/mol. The van der Waals surface area contributed by atoms with E-state index in [0.717, 1.165) is 44.0 Å². The maximum absolute atomic E-state index is 6.12. The van der Waals surface area contributed by atoms with Crippen LogP contribution in [0.5, 0.6) is 23.0 Å². The summed E-state index contributed by atoms with van der Waals surface area (Å²) in [7, 11) is 6.50. The molecule has 0 aliphatic carbocycles. The Hall–Kier alpha value is -2.42. The third-order valence-corrected chi connectivity index (χ3v) is 5.84. The minimum absolute atomic E-state index is 0.613. The van der Waals surface area contributed by atoms with Gasteiger partial charge in [0.2, 0.25) is 5.75 Å². The van der Waals surface area contributed by atoms with E-state index in [-0.39, 0.29) is 0 Å². The Balaban J connectivity index is 1.61. The average Bonchev–Trinajstić information content (AvgIpc) is 2.79. The van der Waals surface area contributed by atoms with Crippen molar-refractivity contribution in [2.45, 2.75) is 6.54 Å². The molecule has 2 aromatic carbocycles. The first-order valence-electron chi connectivity index (χ1n) is 9.90. The van der Waals surface area contributed by atoms with E-state index in [9.17, 15) is 0 Å². The number of rotatable bonds is 7. The summed E-state index contributed by atoms with van der Waals surface area (Å²) >= 11 is 11.7. The van der Waals surface area contributed by atoms with Crippen molar-refractivity contribution in [1.29, 1.82) is 0 Å². The number of thiocarbonyl (C=S) groups is 1. The van der Waals surface area contributed by atoms with Gasteiger partial charge in [-0.15, -0.1) is 0 Å². The second kappa shape index (κ2) is 10.7. The predicted molar refractivity (Wildman–Crippen MR) is 127 cm³/mol. The number of methoxy groups -OCH3 is 4. The molecule has 1 saturated heterocycles. The predicted octanol–water partition coefficient (Wildman–Crippen LogP) is 3.89. The summed E-state index contributed by atoms with van der Waals surface area (Å²) < 4.78 is 21.9. The summed E-state index contributed by atoms with van der Waals surface area (Å²) in [5.41, 5.74) is 1.82. The first kappa shape index (κ1) is 23.2. The van der Waals surface area contributed by atoms with E-state index in [1.54, 1.807) is 34.5 Å². The Bertz CT molecular complexity index is 920. The zero-order valence-corrected chi connectivity index (χ0v) is 19.8. The summed E-state index contributed by atoms with van der Waals surface area (Å²) in [4.78, 5) is 4.51. The SMILES string of the molecule is COc1ccc(Cl)cc1NC(=S)N1CCN(Cc2ccc(OC)c(OC)c2OC)CC1. The number of piperazine rings is 1. The van der Waals surface area contributed by atoms with Gasteiger partial charge >= 0.3 is 0 Å². The highest BCUT2D eigenvalue weighted by Crippen LogP contribution is 2.40. The highest BCUT2D eigenvalue weighted by atomic mass is 35.5. The van der Waals surface area contributed by atoms with E-state index in [1.165, 1.54) is 0 Å². The molecule has 0 atom stereocenters. The summed E-state index contributed by atoms with van der Waals surface area (Å²) in [6.45, 7) is 4.10. The smallest absolute Gasteiger partial charge is 0.203 e. The lowest BCUT2D eigenvalue weighted by Crippen LogP contribution is -2.49. The molecule has 1 aliphatic heterocycles. The number of halogens is 1. The van der Waals surface area contributed by atoms with Crippen molar-refractivity contribution in [3.05, 3.63) is 40.9 Å².